The molecule has 90 valence electrons. The summed E-state index contributed by atoms with van der Waals surface area (Å²) in [7, 11) is 0. The molecule has 1 aromatic carbocycles. The van der Waals surface area contributed by atoms with E-state index in [1.54, 1.807) is 11.3 Å². The van der Waals surface area contributed by atoms with Crippen LogP contribution in [0.4, 0.5) is 0 Å². The van der Waals surface area contributed by atoms with Gasteiger partial charge in [0.25, 0.3) is 0 Å². The summed E-state index contributed by atoms with van der Waals surface area (Å²) < 4.78 is 0. The molecule has 2 rings (SSSR count). The normalized spacial score (nSPS) is 11.7. The van der Waals surface area contributed by atoms with E-state index in [9.17, 15) is 0 Å². The van der Waals surface area contributed by atoms with E-state index >= 15 is 0 Å². The third kappa shape index (κ3) is 2.40. The van der Waals surface area contributed by atoms with Crippen molar-refractivity contribution in [3.05, 3.63) is 41.4 Å². The van der Waals surface area contributed by atoms with Gasteiger partial charge in [0, 0.05) is 10.9 Å². The van der Waals surface area contributed by atoms with Gasteiger partial charge >= 0.3 is 0 Å². The Bertz CT molecular complexity index is 472. The Morgan fingerprint density at radius 2 is 1.82 bits per heavy atom. The lowest BCUT2D eigenvalue weighted by Gasteiger charge is -2.24. The average molecular weight is 246 g/mol. The van der Waals surface area contributed by atoms with E-state index in [0.717, 1.165) is 23.5 Å². The van der Waals surface area contributed by atoms with Crippen molar-refractivity contribution in [2.45, 2.75) is 32.2 Å². The van der Waals surface area contributed by atoms with E-state index < -0.39 is 0 Å². The lowest BCUT2D eigenvalue weighted by molar-refractivity contribution is 0.403. The van der Waals surface area contributed by atoms with Gasteiger partial charge in [0.05, 0.1) is 11.2 Å². The Labute approximate surface area is 107 Å². The highest BCUT2D eigenvalue weighted by molar-refractivity contribution is 7.13. The monoisotopic (exact) mass is 246 g/mol. The van der Waals surface area contributed by atoms with Crippen LogP contribution in [0.1, 0.15) is 32.4 Å². The Kier molecular flexibility index (Phi) is 3.60. The third-order valence-electron chi connectivity index (χ3n) is 3.30. The Morgan fingerprint density at radius 1 is 1.18 bits per heavy atom. The topological polar surface area (TPSA) is 38.9 Å². The van der Waals surface area contributed by atoms with Gasteiger partial charge in [-0.2, -0.15) is 0 Å². The summed E-state index contributed by atoms with van der Waals surface area (Å²) in [6.45, 7) is 4.23. The minimum Gasteiger partial charge on any atom is -0.320 e. The van der Waals surface area contributed by atoms with Crippen LogP contribution in [-0.2, 0) is 5.54 Å². The molecule has 0 aliphatic heterocycles. The zero-order chi connectivity index (χ0) is 12.3. The first kappa shape index (κ1) is 12.3. The first-order valence-corrected chi connectivity index (χ1v) is 6.88. The fraction of sp³-hybridized carbons (Fsp3) is 0.357. The molecule has 0 bridgehead atoms. The van der Waals surface area contributed by atoms with Crippen LogP contribution in [0.2, 0.25) is 0 Å². The van der Waals surface area contributed by atoms with Gasteiger partial charge in [0.1, 0.15) is 5.01 Å². The molecule has 0 atom stereocenters. The Hall–Kier alpha value is -1.19. The average Bonchev–Trinajstić information content (AvgIpc) is 2.89. The fourth-order valence-electron chi connectivity index (χ4n) is 1.83. The lowest BCUT2D eigenvalue weighted by atomic mass is 9.91. The molecule has 0 spiro atoms. The zero-order valence-electron chi connectivity index (χ0n) is 10.3. The van der Waals surface area contributed by atoms with E-state index in [4.69, 9.17) is 5.73 Å². The molecule has 0 aliphatic carbocycles. The van der Waals surface area contributed by atoms with Crippen LogP contribution in [0.5, 0.6) is 0 Å². The number of nitrogens with two attached hydrogens (primary N) is 1. The van der Waals surface area contributed by atoms with E-state index in [1.165, 1.54) is 5.56 Å². The molecule has 1 heterocycles. The van der Waals surface area contributed by atoms with Crippen molar-refractivity contribution in [2.24, 2.45) is 5.73 Å². The number of hydrogen-bond acceptors (Lipinski definition) is 3. The third-order valence-corrected chi connectivity index (χ3v) is 4.19. The van der Waals surface area contributed by atoms with Crippen molar-refractivity contribution in [3.63, 3.8) is 0 Å². The number of benzene rings is 1. The van der Waals surface area contributed by atoms with Gasteiger partial charge in [0.2, 0.25) is 0 Å². The standard InChI is InChI=1S/C14H18N2S/c1-3-14(15,4-2)12-10-17-13(16-12)11-8-6-5-7-9-11/h5-10H,3-4,15H2,1-2H3. The number of rotatable bonds is 4. The second kappa shape index (κ2) is 4.98. The van der Waals surface area contributed by atoms with Gasteiger partial charge in [-0.15, -0.1) is 11.3 Å². The molecule has 2 nitrogen and oxygen atoms in total. The van der Waals surface area contributed by atoms with Gasteiger partial charge < -0.3 is 5.73 Å². The summed E-state index contributed by atoms with van der Waals surface area (Å²) in [4.78, 5) is 4.69. The van der Waals surface area contributed by atoms with Crippen LogP contribution < -0.4 is 5.73 Å². The molecule has 0 amide bonds. The summed E-state index contributed by atoms with van der Waals surface area (Å²) in [6.07, 6.45) is 1.84. The largest absolute Gasteiger partial charge is 0.320 e. The lowest BCUT2D eigenvalue weighted by Crippen LogP contribution is -2.35. The molecule has 1 aromatic heterocycles. The zero-order valence-corrected chi connectivity index (χ0v) is 11.1. The molecule has 2 aromatic rings. The molecule has 0 saturated carbocycles. The van der Waals surface area contributed by atoms with Crippen molar-refractivity contribution < 1.29 is 0 Å². The SMILES string of the molecule is CCC(N)(CC)c1csc(-c2ccccc2)n1. The van der Waals surface area contributed by atoms with Crippen molar-refractivity contribution >= 4 is 11.3 Å². The highest BCUT2D eigenvalue weighted by Gasteiger charge is 2.25. The minimum absolute atomic E-state index is 0.274. The van der Waals surface area contributed by atoms with Crippen molar-refractivity contribution in [2.75, 3.05) is 0 Å². The van der Waals surface area contributed by atoms with Crippen LogP contribution in [0.3, 0.4) is 0 Å². The maximum absolute atomic E-state index is 6.35. The van der Waals surface area contributed by atoms with E-state index in [0.29, 0.717) is 0 Å². The second-order valence-corrected chi connectivity index (χ2v) is 5.13. The molecule has 0 unspecified atom stereocenters. The fourth-order valence-corrected chi connectivity index (χ4v) is 2.76. The van der Waals surface area contributed by atoms with Crippen molar-refractivity contribution in [1.29, 1.82) is 0 Å². The highest BCUT2D eigenvalue weighted by Crippen LogP contribution is 2.31. The Morgan fingerprint density at radius 3 is 2.41 bits per heavy atom. The van der Waals surface area contributed by atoms with Crippen LogP contribution >= 0.6 is 11.3 Å². The predicted molar refractivity (Wildman–Crippen MR) is 74.0 cm³/mol. The maximum atomic E-state index is 6.35. The van der Waals surface area contributed by atoms with Crippen molar-refractivity contribution in [3.8, 4) is 10.6 Å². The van der Waals surface area contributed by atoms with Gasteiger partial charge in [0.15, 0.2) is 0 Å². The number of nitrogens with zero attached hydrogens (tertiary/aromatic N) is 1. The molecule has 0 fully saturated rings. The number of hydrogen-bond donors (Lipinski definition) is 1. The van der Waals surface area contributed by atoms with Crippen LogP contribution in [0, 0.1) is 0 Å². The molecular weight excluding hydrogens is 228 g/mol. The van der Waals surface area contributed by atoms with Crippen LogP contribution in [0.25, 0.3) is 10.6 Å². The quantitative estimate of drug-likeness (QED) is 0.891. The summed E-state index contributed by atoms with van der Waals surface area (Å²) in [5.74, 6) is 0. The number of aromatic nitrogens is 1. The van der Waals surface area contributed by atoms with Gasteiger partial charge in [-0.25, -0.2) is 4.98 Å². The molecule has 2 N–H and O–H groups in total. The second-order valence-electron chi connectivity index (χ2n) is 4.27. The molecule has 3 heteroatoms. The predicted octanol–water partition coefficient (Wildman–Crippen LogP) is 3.78. The van der Waals surface area contributed by atoms with E-state index in [1.807, 2.05) is 18.2 Å². The molecular formula is C14H18N2S. The van der Waals surface area contributed by atoms with Gasteiger partial charge in [-0.1, -0.05) is 44.2 Å². The summed E-state index contributed by atoms with van der Waals surface area (Å²) in [5.41, 5.74) is 8.26. The smallest absolute Gasteiger partial charge is 0.123 e. The van der Waals surface area contributed by atoms with E-state index in [2.05, 4.69) is 36.3 Å². The maximum Gasteiger partial charge on any atom is 0.123 e. The summed E-state index contributed by atoms with van der Waals surface area (Å²) in [6, 6.07) is 10.2. The van der Waals surface area contributed by atoms with Crippen LogP contribution in [0.15, 0.2) is 35.7 Å². The highest BCUT2D eigenvalue weighted by atomic mass is 32.1. The minimum atomic E-state index is -0.274. The molecule has 17 heavy (non-hydrogen) atoms. The first-order chi connectivity index (χ1) is 8.19. The first-order valence-electron chi connectivity index (χ1n) is 6.00. The molecule has 0 radical (unpaired) electrons. The Balaban J connectivity index is 2.34. The molecule has 0 aliphatic rings. The number of thiazole rings is 1. The van der Waals surface area contributed by atoms with E-state index in [-0.39, 0.29) is 5.54 Å². The van der Waals surface area contributed by atoms with Crippen LogP contribution in [-0.4, -0.2) is 4.98 Å². The summed E-state index contributed by atoms with van der Waals surface area (Å²) >= 11 is 1.67. The van der Waals surface area contributed by atoms with Crippen molar-refractivity contribution in [1.82, 2.24) is 4.98 Å². The van der Waals surface area contributed by atoms with Gasteiger partial charge in [-0.05, 0) is 12.8 Å². The molecule has 0 saturated heterocycles. The summed E-state index contributed by atoms with van der Waals surface area (Å²) in [5, 5.41) is 3.15. The van der Waals surface area contributed by atoms with Gasteiger partial charge in [-0.3, -0.25) is 0 Å².